The normalized spacial score (nSPS) is 13.8. The standard InChI is InChI=1S/C29H25Cl3N4O2S/c30-20-5-10-25(32)23(17-20)26-11-12-27(38-26)28(37)34-29(39)33-21-6-8-22(9-7-21)36-15-13-35(14-16-36)18-19-3-1-2-4-24(19)31/h1-12,17H,13-16,18H2,(H2,33,34,37,39). The van der Waals surface area contributed by atoms with Crippen LogP contribution < -0.4 is 15.5 Å². The first-order valence-corrected chi connectivity index (χ1v) is 13.9. The van der Waals surface area contributed by atoms with E-state index in [9.17, 15) is 4.79 Å². The van der Waals surface area contributed by atoms with Crippen molar-refractivity contribution in [3.8, 4) is 11.3 Å². The molecule has 0 aliphatic carbocycles. The lowest BCUT2D eigenvalue weighted by molar-refractivity contribution is 0.0951. The summed E-state index contributed by atoms with van der Waals surface area (Å²) in [6, 6.07) is 24.2. The van der Waals surface area contributed by atoms with Gasteiger partial charge in [0.1, 0.15) is 5.76 Å². The van der Waals surface area contributed by atoms with Crippen LogP contribution in [0.25, 0.3) is 11.3 Å². The third-order valence-electron chi connectivity index (χ3n) is 6.47. The molecule has 1 aromatic heterocycles. The molecule has 1 aliphatic heterocycles. The zero-order chi connectivity index (χ0) is 27.4. The fraction of sp³-hybridized carbons (Fsp3) is 0.172. The number of halogens is 3. The molecular formula is C29H25Cl3N4O2S. The lowest BCUT2D eigenvalue weighted by Crippen LogP contribution is -2.46. The van der Waals surface area contributed by atoms with Crippen LogP contribution in [-0.4, -0.2) is 42.1 Å². The van der Waals surface area contributed by atoms with Crippen molar-refractivity contribution in [1.82, 2.24) is 10.2 Å². The quantitative estimate of drug-likeness (QED) is 0.226. The van der Waals surface area contributed by atoms with Gasteiger partial charge in [-0.05, 0) is 78.4 Å². The van der Waals surface area contributed by atoms with Crippen molar-refractivity contribution in [3.63, 3.8) is 0 Å². The average Bonchev–Trinajstić information content (AvgIpc) is 3.43. The van der Waals surface area contributed by atoms with Crippen molar-refractivity contribution < 1.29 is 9.21 Å². The number of anilines is 2. The lowest BCUT2D eigenvalue weighted by atomic mass is 10.2. The van der Waals surface area contributed by atoms with E-state index in [-0.39, 0.29) is 10.9 Å². The summed E-state index contributed by atoms with van der Waals surface area (Å²) in [4.78, 5) is 17.4. The molecule has 1 fully saturated rings. The maximum atomic E-state index is 12.7. The molecule has 200 valence electrons. The summed E-state index contributed by atoms with van der Waals surface area (Å²) in [5, 5.41) is 7.66. The minimum atomic E-state index is -0.469. The molecular weight excluding hydrogens is 575 g/mol. The molecule has 0 spiro atoms. The van der Waals surface area contributed by atoms with Crippen LogP contribution in [0.15, 0.2) is 83.3 Å². The highest BCUT2D eigenvalue weighted by molar-refractivity contribution is 7.80. The number of thiocarbonyl (C=S) groups is 1. The Balaban J connectivity index is 1.12. The molecule has 1 aliphatic rings. The van der Waals surface area contributed by atoms with E-state index in [4.69, 9.17) is 51.4 Å². The first-order valence-electron chi connectivity index (χ1n) is 12.3. The molecule has 5 rings (SSSR count). The average molecular weight is 600 g/mol. The van der Waals surface area contributed by atoms with Gasteiger partial charge in [-0.15, -0.1) is 0 Å². The van der Waals surface area contributed by atoms with Crippen LogP contribution >= 0.6 is 47.0 Å². The van der Waals surface area contributed by atoms with E-state index in [0.717, 1.165) is 54.7 Å². The van der Waals surface area contributed by atoms with Crippen molar-refractivity contribution in [2.75, 3.05) is 36.4 Å². The van der Waals surface area contributed by atoms with Gasteiger partial charge in [-0.2, -0.15) is 0 Å². The van der Waals surface area contributed by atoms with Gasteiger partial charge in [-0.3, -0.25) is 15.0 Å². The maximum Gasteiger partial charge on any atom is 0.293 e. The fourth-order valence-corrected chi connectivity index (χ4v) is 5.19. The molecule has 0 radical (unpaired) electrons. The van der Waals surface area contributed by atoms with Crippen molar-refractivity contribution in [2.24, 2.45) is 0 Å². The van der Waals surface area contributed by atoms with Gasteiger partial charge in [0.15, 0.2) is 10.9 Å². The lowest BCUT2D eigenvalue weighted by Gasteiger charge is -2.36. The summed E-state index contributed by atoms with van der Waals surface area (Å²) in [6.07, 6.45) is 0. The Morgan fingerprint density at radius 2 is 1.62 bits per heavy atom. The van der Waals surface area contributed by atoms with E-state index < -0.39 is 5.91 Å². The SMILES string of the molecule is O=C(NC(=S)Nc1ccc(N2CCN(Cc3ccccc3Cl)CC2)cc1)c1ccc(-c2cc(Cl)ccc2Cl)o1. The molecule has 3 aromatic carbocycles. The number of nitrogens with one attached hydrogen (secondary N) is 2. The highest BCUT2D eigenvalue weighted by Crippen LogP contribution is 2.32. The van der Waals surface area contributed by atoms with Gasteiger partial charge in [0.05, 0.1) is 5.02 Å². The predicted molar refractivity (Wildman–Crippen MR) is 163 cm³/mol. The largest absolute Gasteiger partial charge is 0.451 e. The molecule has 39 heavy (non-hydrogen) atoms. The van der Waals surface area contributed by atoms with Gasteiger partial charge in [0, 0.05) is 59.7 Å². The number of piperazine rings is 1. The van der Waals surface area contributed by atoms with Crippen LogP contribution in [-0.2, 0) is 6.54 Å². The second-order valence-electron chi connectivity index (χ2n) is 9.10. The van der Waals surface area contributed by atoms with Crippen molar-refractivity contribution in [1.29, 1.82) is 0 Å². The van der Waals surface area contributed by atoms with Gasteiger partial charge in [0.2, 0.25) is 0 Å². The van der Waals surface area contributed by atoms with E-state index in [1.54, 1.807) is 30.3 Å². The zero-order valence-electron chi connectivity index (χ0n) is 20.8. The summed E-state index contributed by atoms with van der Waals surface area (Å²) in [7, 11) is 0. The van der Waals surface area contributed by atoms with Crippen molar-refractivity contribution in [2.45, 2.75) is 6.54 Å². The number of hydrogen-bond acceptors (Lipinski definition) is 5. The predicted octanol–water partition coefficient (Wildman–Crippen LogP) is 7.36. The third kappa shape index (κ3) is 6.93. The Labute approximate surface area is 247 Å². The molecule has 1 amide bonds. The topological polar surface area (TPSA) is 60.8 Å². The van der Waals surface area contributed by atoms with E-state index in [0.29, 0.717) is 21.4 Å². The maximum absolute atomic E-state index is 12.7. The Morgan fingerprint density at radius 3 is 2.36 bits per heavy atom. The van der Waals surface area contributed by atoms with Gasteiger partial charge in [-0.25, -0.2) is 0 Å². The second kappa shape index (κ2) is 12.4. The molecule has 6 nitrogen and oxygen atoms in total. The Morgan fingerprint density at radius 1 is 0.872 bits per heavy atom. The van der Waals surface area contributed by atoms with Gasteiger partial charge in [-0.1, -0.05) is 53.0 Å². The Hall–Kier alpha value is -3.07. The molecule has 0 unspecified atom stereocenters. The van der Waals surface area contributed by atoms with Gasteiger partial charge in [0.25, 0.3) is 5.91 Å². The third-order valence-corrected chi connectivity index (χ3v) is 7.60. The summed E-state index contributed by atoms with van der Waals surface area (Å²) < 4.78 is 5.69. The first kappa shape index (κ1) is 27.5. The van der Waals surface area contributed by atoms with Crippen molar-refractivity contribution in [3.05, 3.63) is 105 Å². The number of nitrogens with zero attached hydrogens (tertiary/aromatic N) is 2. The van der Waals surface area contributed by atoms with Crippen molar-refractivity contribution >= 4 is 69.4 Å². The molecule has 1 saturated heterocycles. The molecule has 2 heterocycles. The molecule has 0 saturated carbocycles. The van der Waals surface area contributed by atoms with E-state index in [1.165, 1.54) is 0 Å². The number of furan rings is 1. The molecule has 0 bridgehead atoms. The molecule has 10 heteroatoms. The number of hydrogen-bond donors (Lipinski definition) is 2. The second-order valence-corrected chi connectivity index (χ2v) is 10.8. The van der Waals surface area contributed by atoms with E-state index in [1.807, 2.05) is 42.5 Å². The summed E-state index contributed by atoms with van der Waals surface area (Å²) >= 11 is 24.0. The Kier molecular flexibility index (Phi) is 8.75. The van der Waals surface area contributed by atoms with Crippen LogP contribution in [0.1, 0.15) is 16.1 Å². The minimum Gasteiger partial charge on any atom is -0.451 e. The van der Waals surface area contributed by atoms with E-state index in [2.05, 4.69) is 26.5 Å². The minimum absolute atomic E-state index is 0.106. The fourth-order valence-electron chi connectivity index (χ4n) is 4.41. The Bertz CT molecular complexity index is 1480. The highest BCUT2D eigenvalue weighted by atomic mass is 35.5. The monoisotopic (exact) mass is 598 g/mol. The number of carbonyl (C=O) groups is 1. The molecule has 0 atom stereocenters. The zero-order valence-corrected chi connectivity index (χ0v) is 23.9. The van der Waals surface area contributed by atoms with Crippen LogP contribution in [0.3, 0.4) is 0 Å². The first-order chi connectivity index (χ1) is 18.9. The van der Waals surface area contributed by atoms with Gasteiger partial charge < -0.3 is 14.6 Å². The summed E-state index contributed by atoms with van der Waals surface area (Å²) in [6.45, 7) is 4.63. The highest BCUT2D eigenvalue weighted by Gasteiger charge is 2.19. The molecule has 4 aromatic rings. The smallest absolute Gasteiger partial charge is 0.293 e. The van der Waals surface area contributed by atoms with Crippen LogP contribution in [0.5, 0.6) is 0 Å². The molecule has 2 N–H and O–H groups in total. The van der Waals surface area contributed by atoms with E-state index >= 15 is 0 Å². The van der Waals surface area contributed by atoms with Crippen LogP contribution in [0, 0.1) is 0 Å². The number of rotatable bonds is 6. The van der Waals surface area contributed by atoms with Crippen LogP contribution in [0.4, 0.5) is 11.4 Å². The number of amides is 1. The summed E-state index contributed by atoms with van der Waals surface area (Å²) in [5.41, 5.74) is 3.66. The van der Waals surface area contributed by atoms with Crippen LogP contribution in [0.2, 0.25) is 15.1 Å². The van der Waals surface area contributed by atoms with Gasteiger partial charge >= 0.3 is 0 Å². The summed E-state index contributed by atoms with van der Waals surface area (Å²) in [5.74, 6) is 0.0733. The number of carbonyl (C=O) groups excluding carboxylic acids is 1. The number of benzene rings is 3.